The second kappa shape index (κ2) is 5.91. The first-order valence-corrected chi connectivity index (χ1v) is 6.88. The van der Waals surface area contributed by atoms with E-state index in [9.17, 15) is 0 Å². The molecule has 0 aliphatic heterocycles. The molecule has 0 unspecified atom stereocenters. The Balaban J connectivity index is 3.78. The predicted molar refractivity (Wildman–Crippen MR) is 82.2 cm³/mol. The second-order valence-electron chi connectivity index (χ2n) is 6.58. The van der Waals surface area contributed by atoms with E-state index in [1.54, 1.807) is 6.07 Å². The van der Waals surface area contributed by atoms with Gasteiger partial charge in [0.15, 0.2) is 0 Å². The van der Waals surface area contributed by atoms with E-state index in [-0.39, 0.29) is 17.3 Å². The van der Waals surface area contributed by atoms with Gasteiger partial charge in [-0.05, 0) is 46.7 Å². The Bertz CT molecular complexity index is 484. The van der Waals surface area contributed by atoms with Crippen molar-refractivity contribution in [3.8, 4) is 0 Å². The van der Waals surface area contributed by atoms with Crippen LogP contribution in [0, 0.1) is 11.8 Å². The van der Waals surface area contributed by atoms with Crippen LogP contribution in [0.3, 0.4) is 0 Å². The molecule has 0 spiro atoms. The van der Waals surface area contributed by atoms with Crippen LogP contribution in [0.15, 0.2) is 18.2 Å². The zero-order chi connectivity index (χ0) is 17.5. The normalized spacial score (nSPS) is 17.4. The molecule has 0 aliphatic carbocycles. The lowest BCUT2D eigenvalue weighted by atomic mass is 9.77. The van der Waals surface area contributed by atoms with Gasteiger partial charge in [0.1, 0.15) is 0 Å². The minimum Gasteiger partial charge on any atom is -0.0625 e. The molecule has 0 fully saturated rings. The van der Waals surface area contributed by atoms with Crippen molar-refractivity contribution in [3.05, 3.63) is 34.9 Å². The zero-order valence-electron chi connectivity index (χ0n) is 16.9. The standard InChI is InChI=1S/C18H30/c1-13(2)11-15-9-8-10-16(12-14(3)4)17(15)18(5,6)7/h8-10,13-14H,11-12H2,1-7H3/i11D2,12D2. The van der Waals surface area contributed by atoms with E-state index >= 15 is 0 Å². The van der Waals surface area contributed by atoms with Gasteiger partial charge in [0.25, 0.3) is 0 Å². The molecule has 1 rings (SSSR count). The number of hydrogen-bond acceptors (Lipinski definition) is 0. The predicted octanol–water partition coefficient (Wildman–Crippen LogP) is 5.38. The van der Waals surface area contributed by atoms with Crippen LogP contribution >= 0.6 is 0 Å². The van der Waals surface area contributed by atoms with Crippen molar-refractivity contribution in [3.63, 3.8) is 0 Å². The minimum atomic E-state index is -1.48. The van der Waals surface area contributed by atoms with Crippen LogP contribution in [0.25, 0.3) is 0 Å². The Kier molecular flexibility index (Phi) is 3.30. The molecule has 0 amide bonds. The van der Waals surface area contributed by atoms with Crippen molar-refractivity contribution >= 4 is 0 Å². The maximum absolute atomic E-state index is 8.50. The molecule has 0 aliphatic rings. The summed E-state index contributed by atoms with van der Waals surface area (Å²) < 4.78 is 34.0. The van der Waals surface area contributed by atoms with E-state index in [0.717, 1.165) is 5.56 Å². The smallest absolute Gasteiger partial charge is 0.0319 e. The molecule has 102 valence electrons. The summed E-state index contributed by atoms with van der Waals surface area (Å²) in [5.41, 5.74) is 1.73. The summed E-state index contributed by atoms with van der Waals surface area (Å²) in [5, 5.41) is 0. The molecule has 0 nitrogen and oxygen atoms in total. The third-order valence-electron chi connectivity index (χ3n) is 2.70. The van der Waals surface area contributed by atoms with Gasteiger partial charge in [-0.2, -0.15) is 0 Å². The van der Waals surface area contributed by atoms with E-state index in [1.165, 1.54) is 0 Å². The van der Waals surface area contributed by atoms with Crippen molar-refractivity contribution < 1.29 is 5.48 Å². The number of rotatable bonds is 4. The molecule has 0 aromatic heterocycles. The number of benzene rings is 1. The Morgan fingerprint density at radius 3 is 1.61 bits per heavy atom. The maximum Gasteiger partial charge on any atom is 0.0319 e. The van der Waals surface area contributed by atoms with E-state index < -0.39 is 12.7 Å². The minimum absolute atomic E-state index is 0.172. The van der Waals surface area contributed by atoms with E-state index in [2.05, 4.69) is 0 Å². The first-order chi connectivity index (χ1) is 9.74. The van der Waals surface area contributed by atoms with Crippen LogP contribution in [-0.2, 0) is 18.2 Å². The molecule has 18 heavy (non-hydrogen) atoms. The summed E-state index contributed by atoms with van der Waals surface area (Å²) in [4.78, 5) is 0. The highest BCUT2D eigenvalue weighted by Crippen LogP contribution is 2.32. The lowest BCUT2D eigenvalue weighted by Crippen LogP contribution is -2.19. The summed E-state index contributed by atoms with van der Waals surface area (Å²) in [6, 6.07) is 5.43. The van der Waals surface area contributed by atoms with Gasteiger partial charge >= 0.3 is 0 Å². The Morgan fingerprint density at radius 2 is 1.33 bits per heavy atom. The molecule has 0 heteroatoms. The van der Waals surface area contributed by atoms with E-state index in [4.69, 9.17) is 5.48 Å². The first-order valence-electron chi connectivity index (χ1n) is 8.88. The summed E-state index contributed by atoms with van der Waals surface area (Å²) in [6.45, 7) is 13.6. The summed E-state index contributed by atoms with van der Waals surface area (Å²) in [5.74, 6) is -0.345. The summed E-state index contributed by atoms with van der Waals surface area (Å²) >= 11 is 0. The highest BCUT2D eigenvalue weighted by molar-refractivity contribution is 5.40. The van der Waals surface area contributed by atoms with E-state index in [0.29, 0.717) is 11.1 Å². The highest BCUT2D eigenvalue weighted by atomic mass is 14.3. The Hall–Kier alpha value is -0.780. The average Bonchev–Trinajstić information content (AvgIpc) is 2.36. The Morgan fingerprint density at radius 1 is 0.944 bits per heavy atom. The fraction of sp³-hybridized carbons (Fsp3) is 0.667. The molecule has 1 aromatic rings. The molecule has 0 radical (unpaired) electrons. The van der Waals surface area contributed by atoms with Crippen molar-refractivity contribution in [2.24, 2.45) is 11.8 Å². The Labute approximate surface area is 119 Å². The third-order valence-corrected chi connectivity index (χ3v) is 2.70. The number of hydrogen-bond donors (Lipinski definition) is 0. The highest BCUT2D eigenvalue weighted by Gasteiger charge is 2.22. The van der Waals surface area contributed by atoms with Crippen LogP contribution in [-0.4, -0.2) is 0 Å². The van der Waals surface area contributed by atoms with Gasteiger partial charge in [0.2, 0.25) is 0 Å². The van der Waals surface area contributed by atoms with Crippen LogP contribution in [0.4, 0.5) is 0 Å². The van der Waals surface area contributed by atoms with Gasteiger partial charge in [-0.1, -0.05) is 66.7 Å². The SMILES string of the molecule is [2H]C([2H])(c1cccc(C([2H])([2H])C(C)C)c1C(C)(C)C)C(C)C. The van der Waals surface area contributed by atoms with Gasteiger partial charge in [0, 0.05) is 5.48 Å². The zero-order valence-corrected chi connectivity index (χ0v) is 12.9. The van der Waals surface area contributed by atoms with Crippen LogP contribution in [0.5, 0.6) is 0 Å². The molecular formula is C18H30. The van der Waals surface area contributed by atoms with Gasteiger partial charge in [-0.3, -0.25) is 0 Å². The maximum atomic E-state index is 8.50. The fourth-order valence-corrected chi connectivity index (χ4v) is 2.22. The molecule has 0 saturated heterocycles. The van der Waals surface area contributed by atoms with Crippen LogP contribution in [0.2, 0.25) is 0 Å². The molecule has 0 atom stereocenters. The quantitative estimate of drug-likeness (QED) is 0.673. The molecular weight excluding hydrogens is 216 g/mol. The molecule has 0 heterocycles. The topological polar surface area (TPSA) is 0 Å². The van der Waals surface area contributed by atoms with Gasteiger partial charge in [-0.25, -0.2) is 0 Å². The molecule has 0 saturated carbocycles. The van der Waals surface area contributed by atoms with Gasteiger partial charge in [0.05, 0.1) is 0 Å². The van der Waals surface area contributed by atoms with Crippen molar-refractivity contribution in [2.75, 3.05) is 0 Å². The largest absolute Gasteiger partial charge is 0.0625 e. The average molecular weight is 250 g/mol. The van der Waals surface area contributed by atoms with Gasteiger partial charge in [-0.15, -0.1) is 0 Å². The molecule has 0 bridgehead atoms. The second-order valence-corrected chi connectivity index (χ2v) is 6.58. The van der Waals surface area contributed by atoms with Crippen LogP contribution < -0.4 is 0 Å². The van der Waals surface area contributed by atoms with Gasteiger partial charge < -0.3 is 0 Å². The molecule has 1 aromatic carbocycles. The first kappa shape index (κ1) is 10.1. The molecule has 0 N–H and O–H groups in total. The van der Waals surface area contributed by atoms with E-state index in [1.807, 2.05) is 60.6 Å². The fourth-order valence-electron chi connectivity index (χ4n) is 2.22. The monoisotopic (exact) mass is 250 g/mol. The van der Waals surface area contributed by atoms with Crippen molar-refractivity contribution in [1.29, 1.82) is 0 Å². The summed E-state index contributed by atoms with van der Waals surface area (Å²) in [7, 11) is 0. The van der Waals surface area contributed by atoms with Crippen molar-refractivity contribution in [2.45, 2.75) is 66.6 Å². The third kappa shape index (κ3) is 4.15. The lowest BCUT2D eigenvalue weighted by Gasteiger charge is -2.28. The van der Waals surface area contributed by atoms with Crippen LogP contribution in [0.1, 0.15) is 70.6 Å². The summed E-state index contributed by atoms with van der Waals surface area (Å²) in [6.07, 6.45) is -2.96. The lowest BCUT2D eigenvalue weighted by molar-refractivity contribution is 0.548. The van der Waals surface area contributed by atoms with Crippen molar-refractivity contribution in [1.82, 2.24) is 0 Å².